The van der Waals surface area contributed by atoms with E-state index in [1.165, 1.54) is 6.07 Å². The van der Waals surface area contributed by atoms with E-state index in [2.05, 4.69) is 5.32 Å². The first-order valence-corrected chi connectivity index (χ1v) is 5.14. The van der Waals surface area contributed by atoms with Gasteiger partial charge in [-0.25, -0.2) is 4.79 Å². The molecule has 0 fully saturated rings. The summed E-state index contributed by atoms with van der Waals surface area (Å²) in [5.74, 6) is 0.137. The van der Waals surface area contributed by atoms with E-state index in [-0.39, 0.29) is 11.4 Å². The molecule has 0 aliphatic rings. The van der Waals surface area contributed by atoms with Crippen LogP contribution in [0, 0.1) is 13.8 Å². The van der Waals surface area contributed by atoms with Crippen LogP contribution in [-0.4, -0.2) is 11.4 Å². The van der Waals surface area contributed by atoms with Gasteiger partial charge in [-0.1, -0.05) is 0 Å². The highest BCUT2D eigenvalue weighted by Gasteiger charge is 2.20. The van der Waals surface area contributed by atoms with Crippen LogP contribution in [0.5, 0.6) is 0 Å². The van der Waals surface area contributed by atoms with Crippen molar-refractivity contribution in [1.29, 1.82) is 0 Å². The molecule has 0 spiro atoms. The van der Waals surface area contributed by atoms with Crippen molar-refractivity contribution in [2.24, 2.45) is 0 Å². The highest BCUT2D eigenvalue weighted by atomic mass is 16.4. The third-order valence-electron chi connectivity index (χ3n) is 2.05. The summed E-state index contributed by atoms with van der Waals surface area (Å²) in [7, 11) is 0. The van der Waals surface area contributed by atoms with Gasteiger partial charge in [-0.3, -0.25) is 4.79 Å². The van der Waals surface area contributed by atoms with Crippen LogP contribution in [0.3, 0.4) is 0 Å². The number of rotatable bonds is 1. The van der Waals surface area contributed by atoms with Crippen molar-refractivity contribution in [2.45, 2.75) is 40.2 Å². The first kappa shape index (κ1) is 12.5. The van der Waals surface area contributed by atoms with Gasteiger partial charge in [-0.05, 0) is 40.2 Å². The van der Waals surface area contributed by atoms with Crippen molar-refractivity contribution in [3.63, 3.8) is 0 Å². The second-order valence-corrected chi connectivity index (χ2v) is 4.88. The lowest BCUT2D eigenvalue weighted by Gasteiger charge is -2.21. The summed E-state index contributed by atoms with van der Waals surface area (Å²) in [4.78, 5) is 23.0. The Bertz CT molecular complexity index is 440. The summed E-state index contributed by atoms with van der Waals surface area (Å²) >= 11 is 0. The lowest BCUT2D eigenvalue weighted by molar-refractivity contribution is 0.0915. The van der Waals surface area contributed by atoms with Crippen molar-refractivity contribution < 1.29 is 9.21 Å². The SMILES string of the molecule is Cc1cc(=O)oc(C)c1C(=O)NC(C)(C)C. The van der Waals surface area contributed by atoms with Gasteiger partial charge in [-0.2, -0.15) is 0 Å². The van der Waals surface area contributed by atoms with E-state index in [4.69, 9.17) is 4.42 Å². The Balaban J connectivity index is 3.15. The average molecular weight is 223 g/mol. The van der Waals surface area contributed by atoms with E-state index >= 15 is 0 Å². The molecule has 1 rings (SSSR count). The van der Waals surface area contributed by atoms with Gasteiger partial charge >= 0.3 is 5.63 Å². The molecule has 0 aliphatic carbocycles. The van der Waals surface area contributed by atoms with Gasteiger partial charge in [-0.15, -0.1) is 0 Å². The number of hydrogen-bond donors (Lipinski definition) is 1. The van der Waals surface area contributed by atoms with Crippen LogP contribution in [0.25, 0.3) is 0 Å². The van der Waals surface area contributed by atoms with Crippen LogP contribution >= 0.6 is 0 Å². The van der Waals surface area contributed by atoms with Crippen molar-refractivity contribution in [3.05, 3.63) is 33.4 Å². The zero-order valence-corrected chi connectivity index (χ0v) is 10.3. The topological polar surface area (TPSA) is 59.3 Å². The average Bonchev–Trinajstić information content (AvgIpc) is 1.96. The van der Waals surface area contributed by atoms with E-state index in [9.17, 15) is 9.59 Å². The van der Waals surface area contributed by atoms with Crippen LogP contribution in [-0.2, 0) is 0 Å². The summed E-state index contributed by atoms with van der Waals surface area (Å²) in [5, 5.41) is 2.84. The fraction of sp³-hybridized carbons (Fsp3) is 0.500. The minimum Gasteiger partial charge on any atom is -0.427 e. The first-order chi connectivity index (χ1) is 7.20. The first-order valence-electron chi connectivity index (χ1n) is 5.14. The molecule has 1 aromatic rings. The molecule has 0 aromatic carbocycles. The summed E-state index contributed by atoms with van der Waals surface area (Å²) in [5.41, 5.74) is 0.332. The predicted octanol–water partition coefficient (Wildman–Crippen LogP) is 1.78. The van der Waals surface area contributed by atoms with Crippen LogP contribution in [0.15, 0.2) is 15.3 Å². The lowest BCUT2D eigenvalue weighted by atomic mass is 10.1. The Kier molecular flexibility index (Phi) is 3.21. The summed E-state index contributed by atoms with van der Waals surface area (Å²) in [6.45, 7) is 9.03. The maximum Gasteiger partial charge on any atom is 0.336 e. The van der Waals surface area contributed by atoms with Gasteiger partial charge in [0.05, 0.1) is 5.56 Å². The fourth-order valence-corrected chi connectivity index (χ4v) is 1.50. The van der Waals surface area contributed by atoms with Gasteiger partial charge in [0, 0.05) is 11.6 Å². The van der Waals surface area contributed by atoms with Crippen molar-refractivity contribution in [3.8, 4) is 0 Å². The minimum absolute atomic E-state index is 0.216. The molecule has 0 saturated heterocycles. The van der Waals surface area contributed by atoms with E-state index in [0.717, 1.165) is 0 Å². The summed E-state index contributed by atoms with van der Waals surface area (Å²) < 4.78 is 4.91. The number of carbonyl (C=O) groups is 1. The van der Waals surface area contributed by atoms with Crippen LogP contribution in [0.1, 0.15) is 42.5 Å². The highest BCUT2D eigenvalue weighted by Crippen LogP contribution is 2.12. The van der Waals surface area contributed by atoms with Gasteiger partial charge in [0.2, 0.25) is 0 Å². The molecule has 4 heteroatoms. The molecule has 4 nitrogen and oxygen atoms in total. The Labute approximate surface area is 94.7 Å². The smallest absolute Gasteiger partial charge is 0.336 e. The van der Waals surface area contributed by atoms with Crippen LogP contribution in [0.2, 0.25) is 0 Å². The maximum atomic E-state index is 11.9. The number of carbonyl (C=O) groups excluding carboxylic acids is 1. The minimum atomic E-state index is -0.428. The zero-order valence-electron chi connectivity index (χ0n) is 10.3. The van der Waals surface area contributed by atoms with Crippen LogP contribution in [0.4, 0.5) is 0 Å². The number of amides is 1. The van der Waals surface area contributed by atoms with E-state index in [0.29, 0.717) is 16.9 Å². The number of aryl methyl sites for hydroxylation is 2. The molecule has 16 heavy (non-hydrogen) atoms. The van der Waals surface area contributed by atoms with Gasteiger partial charge in [0.25, 0.3) is 5.91 Å². The Morgan fingerprint density at radius 3 is 2.31 bits per heavy atom. The van der Waals surface area contributed by atoms with E-state index < -0.39 is 5.63 Å². The molecular formula is C12H17NO3. The fourth-order valence-electron chi connectivity index (χ4n) is 1.50. The number of nitrogens with one attached hydrogen (secondary N) is 1. The standard InChI is InChI=1S/C12H17NO3/c1-7-6-9(14)16-8(2)10(7)11(15)13-12(3,4)5/h6H,1-5H3,(H,13,15). The molecule has 1 aromatic heterocycles. The normalized spacial score (nSPS) is 11.3. The Hall–Kier alpha value is -1.58. The largest absolute Gasteiger partial charge is 0.427 e. The molecule has 0 atom stereocenters. The van der Waals surface area contributed by atoms with E-state index in [1.54, 1.807) is 13.8 Å². The Morgan fingerprint density at radius 2 is 1.88 bits per heavy atom. The molecule has 1 N–H and O–H groups in total. The van der Waals surface area contributed by atoms with Gasteiger partial charge < -0.3 is 9.73 Å². The Morgan fingerprint density at radius 1 is 1.31 bits per heavy atom. The monoisotopic (exact) mass is 223 g/mol. The van der Waals surface area contributed by atoms with E-state index in [1.807, 2.05) is 20.8 Å². The zero-order chi connectivity index (χ0) is 12.5. The molecule has 0 unspecified atom stereocenters. The second kappa shape index (κ2) is 4.12. The molecule has 1 heterocycles. The third-order valence-corrected chi connectivity index (χ3v) is 2.05. The predicted molar refractivity (Wildman–Crippen MR) is 61.7 cm³/mol. The number of hydrogen-bond acceptors (Lipinski definition) is 3. The van der Waals surface area contributed by atoms with Gasteiger partial charge in [0.15, 0.2) is 0 Å². The molecule has 0 aliphatic heterocycles. The third kappa shape index (κ3) is 2.95. The second-order valence-electron chi connectivity index (χ2n) is 4.88. The molecule has 0 saturated carbocycles. The van der Waals surface area contributed by atoms with Gasteiger partial charge in [0.1, 0.15) is 5.76 Å². The lowest BCUT2D eigenvalue weighted by Crippen LogP contribution is -2.41. The van der Waals surface area contributed by atoms with Crippen LogP contribution < -0.4 is 10.9 Å². The quantitative estimate of drug-likeness (QED) is 0.789. The molecule has 0 bridgehead atoms. The molecular weight excluding hydrogens is 206 g/mol. The molecule has 88 valence electrons. The van der Waals surface area contributed by atoms with Crippen molar-refractivity contribution in [1.82, 2.24) is 5.32 Å². The summed E-state index contributed by atoms with van der Waals surface area (Å²) in [6.07, 6.45) is 0. The molecule has 0 radical (unpaired) electrons. The maximum absolute atomic E-state index is 11.9. The molecule has 1 amide bonds. The highest BCUT2D eigenvalue weighted by molar-refractivity contribution is 5.96. The summed E-state index contributed by atoms with van der Waals surface area (Å²) in [6, 6.07) is 1.32. The van der Waals surface area contributed by atoms with Crippen molar-refractivity contribution in [2.75, 3.05) is 0 Å². The van der Waals surface area contributed by atoms with Crippen molar-refractivity contribution >= 4 is 5.91 Å².